The maximum atomic E-state index is 12.6. The SMILES string of the molecule is COc1cccc(CC(=O)N2CCN([C@H](C)c3cccnc3)CC2)c1. The lowest BCUT2D eigenvalue weighted by molar-refractivity contribution is -0.132. The first-order valence-corrected chi connectivity index (χ1v) is 8.72. The highest BCUT2D eigenvalue weighted by atomic mass is 16.5. The van der Waals surface area contributed by atoms with Crippen LogP contribution in [0.3, 0.4) is 0 Å². The van der Waals surface area contributed by atoms with Gasteiger partial charge in [-0.15, -0.1) is 0 Å². The zero-order valence-corrected chi connectivity index (χ0v) is 14.9. The molecule has 1 aliphatic heterocycles. The summed E-state index contributed by atoms with van der Waals surface area (Å²) in [4.78, 5) is 21.1. The van der Waals surface area contributed by atoms with Gasteiger partial charge in [-0.1, -0.05) is 18.2 Å². The lowest BCUT2D eigenvalue weighted by atomic mass is 10.1. The van der Waals surface area contributed by atoms with Crippen molar-refractivity contribution in [3.8, 4) is 5.75 Å². The van der Waals surface area contributed by atoms with Crippen LogP contribution < -0.4 is 4.74 Å². The van der Waals surface area contributed by atoms with Gasteiger partial charge >= 0.3 is 0 Å². The number of pyridine rings is 1. The van der Waals surface area contributed by atoms with Gasteiger partial charge in [0.1, 0.15) is 5.75 Å². The van der Waals surface area contributed by atoms with Crippen LogP contribution in [0.5, 0.6) is 5.75 Å². The average Bonchev–Trinajstić information content (AvgIpc) is 2.68. The lowest BCUT2D eigenvalue weighted by Crippen LogP contribution is -2.49. The van der Waals surface area contributed by atoms with Crippen molar-refractivity contribution in [2.24, 2.45) is 0 Å². The molecule has 0 saturated carbocycles. The number of nitrogens with zero attached hydrogens (tertiary/aromatic N) is 3. The van der Waals surface area contributed by atoms with Crippen molar-refractivity contribution in [3.05, 3.63) is 59.9 Å². The van der Waals surface area contributed by atoms with Gasteiger partial charge in [-0.2, -0.15) is 0 Å². The number of ether oxygens (including phenoxy) is 1. The Balaban J connectivity index is 1.54. The fourth-order valence-electron chi connectivity index (χ4n) is 3.26. The molecule has 25 heavy (non-hydrogen) atoms. The summed E-state index contributed by atoms with van der Waals surface area (Å²) >= 11 is 0. The lowest BCUT2D eigenvalue weighted by Gasteiger charge is -2.38. The molecule has 132 valence electrons. The molecule has 0 unspecified atom stereocenters. The van der Waals surface area contributed by atoms with Crippen molar-refractivity contribution >= 4 is 5.91 Å². The van der Waals surface area contributed by atoms with Crippen LogP contribution in [0.25, 0.3) is 0 Å². The van der Waals surface area contributed by atoms with Crippen LogP contribution in [0.15, 0.2) is 48.8 Å². The summed E-state index contributed by atoms with van der Waals surface area (Å²) in [6, 6.07) is 12.1. The molecule has 0 bridgehead atoms. The van der Waals surface area contributed by atoms with Gasteiger partial charge in [0.15, 0.2) is 0 Å². The molecule has 1 amide bonds. The van der Waals surface area contributed by atoms with Crippen LogP contribution in [-0.4, -0.2) is 54.0 Å². The third-order valence-corrected chi connectivity index (χ3v) is 4.87. The molecule has 5 nitrogen and oxygen atoms in total. The van der Waals surface area contributed by atoms with Crippen molar-refractivity contribution in [1.29, 1.82) is 0 Å². The van der Waals surface area contributed by atoms with Gasteiger partial charge in [-0.25, -0.2) is 0 Å². The number of aromatic nitrogens is 1. The Kier molecular flexibility index (Phi) is 5.66. The van der Waals surface area contributed by atoms with E-state index >= 15 is 0 Å². The summed E-state index contributed by atoms with van der Waals surface area (Å²) in [5, 5.41) is 0. The zero-order valence-electron chi connectivity index (χ0n) is 14.9. The van der Waals surface area contributed by atoms with Crippen molar-refractivity contribution in [2.45, 2.75) is 19.4 Å². The predicted octanol–water partition coefficient (Wildman–Crippen LogP) is 2.54. The number of methoxy groups -OCH3 is 1. The molecular formula is C20H25N3O2. The van der Waals surface area contributed by atoms with Crippen molar-refractivity contribution in [1.82, 2.24) is 14.8 Å². The molecular weight excluding hydrogens is 314 g/mol. The van der Waals surface area contributed by atoms with E-state index in [-0.39, 0.29) is 5.91 Å². The van der Waals surface area contributed by atoms with Crippen LogP contribution in [0.2, 0.25) is 0 Å². The largest absolute Gasteiger partial charge is 0.497 e. The van der Waals surface area contributed by atoms with E-state index in [1.54, 1.807) is 13.3 Å². The molecule has 1 aromatic carbocycles. The highest BCUT2D eigenvalue weighted by Gasteiger charge is 2.24. The van der Waals surface area contributed by atoms with Crippen LogP contribution >= 0.6 is 0 Å². The number of rotatable bonds is 5. The predicted molar refractivity (Wildman–Crippen MR) is 97.5 cm³/mol. The van der Waals surface area contributed by atoms with E-state index in [0.29, 0.717) is 12.5 Å². The Morgan fingerprint density at radius 1 is 1.20 bits per heavy atom. The minimum Gasteiger partial charge on any atom is -0.497 e. The van der Waals surface area contributed by atoms with Gasteiger partial charge in [0.25, 0.3) is 0 Å². The molecule has 1 atom stereocenters. The molecule has 0 radical (unpaired) electrons. The van der Waals surface area contributed by atoms with Crippen LogP contribution in [0.1, 0.15) is 24.1 Å². The topological polar surface area (TPSA) is 45.7 Å². The van der Waals surface area contributed by atoms with Crippen LogP contribution in [-0.2, 0) is 11.2 Å². The minimum atomic E-state index is 0.182. The summed E-state index contributed by atoms with van der Waals surface area (Å²) in [5.41, 5.74) is 2.22. The molecule has 0 spiro atoms. The van der Waals surface area contributed by atoms with Crippen LogP contribution in [0, 0.1) is 0 Å². The van der Waals surface area contributed by atoms with E-state index in [4.69, 9.17) is 4.74 Å². The highest BCUT2D eigenvalue weighted by molar-refractivity contribution is 5.79. The smallest absolute Gasteiger partial charge is 0.227 e. The second-order valence-corrected chi connectivity index (χ2v) is 6.41. The quantitative estimate of drug-likeness (QED) is 0.840. The molecule has 1 fully saturated rings. The van der Waals surface area contributed by atoms with E-state index in [9.17, 15) is 4.79 Å². The molecule has 2 heterocycles. The molecule has 2 aromatic rings. The molecule has 3 rings (SSSR count). The van der Waals surface area contributed by atoms with E-state index in [2.05, 4.69) is 22.9 Å². The van der Waals surface area contributed by atoms with E-state index < -0.39 is 0 Å². The average molecular weight is 339 g/mol. The zero-order chi connectivity index (χ0) is 17.6. The minimum absolute atomic E-state index is 0.182. The molecule has 0 N–H and O–H groups in total. The fraction of sp³-hybridized carbons (Fsp3) is 0.400. The van der Waals surface area contributed by atoms with Crippen LogP contribution in [0.4, 0.5) is 0 Å². The third-order valence-electron chi connectivity index (χ3n) is 4.87. The first-order valence-electron chi connectivity index (χ1n) is 8.72. The number of hydrogen-bond acceptors (Lipinski definition) is 4. The van der Waals surface area contributed by atoms with Gasteiger partial charge in [0, 0.05) is 44.6 Å². The Morgan fingerprint density at radius 2 is 2.00 bits per heavy atom. The number of amides is 1. The van der Waals surface area contributed by atoms with Crippen molar-refractivity contribution in [2.75, 3.05) is 33.3 Å². The van der Waals surface area contributed by atoms with E-state index in [1.807, 2.05) is 41.4 Å². The third kappa shape index (κ3) is 4.37. The maximum absolute atomic E-state index is 12.6. The number of carbonyl (C=O) groups is 1. The van der Waals surface area contributed by atoms with Gasteiger partial charge in [-0.3, -0.25) is 14.7 Å². The number of hydrogen-bond donors (Lipinski definition) is 0. The van der Waals surface area contributed by atoms with Gasteiger partial charge in [-0.05, 0) is 36.2 Å². The van der Waals surface area contributed by atoms with Gasteiger partial charge in [0.2, 0.25) is 5.91 Å². The number of carbonyl (C=O) groups excluding carboxylic acids is 1. The normalized spacial score (nSPS) is 16.5. The van der Waals surface area contributed by atoms with E-state index in [1.165, 1.54) is 5.56 Å². The first-order chi connectivity index (χ1) is 12.2. The summed E-state index contributed by atoms with van der Waals surface area (Å²) < 4.78 is 5.23. The van der Waals surface area contributed by atoms with E-state index in [0.717, 1.165) is 37.5 Å². The molecule has 1 saturated heterocycles. The standard InChI is InChI=1S/C20H25N3O2/c1-16(18-6-4-8-21-15-18)22-9-11-23(12-10-22)20(24)14-17-5-3-7-19(13-17)25-2/h3-8,13,15-16H,9-12,14H2,1-2H3/t16-/m1/s1. The fourth-order valence-corrected chi connectivity index (χ4v) is 3.26. The second kappa shape index (κ2) is 8.12. The van der Waals surface area contributed by atoms with Gasteiger partial charge < -0.3 is 9.64 Å². The second-order valence-electron chi connectivity index (χ2n) is 6.41. The first kappa shape index (κ1) is 17.4. The monoisotopic (exact) mass is 339 g/mol. The van der Waals surface area contributed by atoms with Crippen molar-refractivity contribution < 1.29 is 9.53 Å². The molecule has 1 aliphatic rings. The Bertz CT molecular complexity index is 697. The Morgan fingerprint density at radius 3 is 2.68 bits per heavy atom. The molecule has 5 heteroatoms. The molecule has 0 aliphatic carbocycles. The summed E-state index contributed by atoms with van der Waals surface area (Å²) in [6.07, 6.45) is 4.14. The molecule has 1 aromatic heterocycles. The summed E-state index contributed by atoms with van der Waals surface area (Å²) in [6.45, 7) is 5.52. The van der Waals surface area contributed by atoms with Crippen molar-refractivity contribution in [3.63, 3.8) is 0 Å². The van der Waals surface area contributed by atoms with Gasteiger partial charge in [0.05, 0.1) is 13.5 Å². The number of benzene rings is 1. The number of piperazine rings is 1. The summed E-state index contributed by atoms with van der Waals surface area (Å²) in [5.74, 6) is 0.974. The Labute approximate surface area is 149 Å². The summed E-state index contributed by atoms with van der Waals surface area (Å²) in [7, 11) is 1.64. The Hall–Kier alpha value is -2.40. The highest BCUT2D eigenvalue weighted by Crippen LogP contribution is 2.21. The maximum Gasteiger partial charge on any atom is 0.227 e.